The Morgan fingerprint density at radius 2 is 1.77 bits per heavy atom. The van der Waals surface area contributed by atoms with Crippen molar-refractivity contribution in [3.63, 3.8) is 0 Å². The molecule has 2 heterocycles. The molecule has 8 nitrogen and oxygen atoms in total. The Kier molecular flexibility index (Phi) is 5.03. The SMILES string of the molecule is Cc1ccc(NC(=O)CN2N=NC3C(=O)N(c4ccc(C)c(Cl)c4)C(=O)C32)cc1C. The van der Waals surface area contributed by atoms with Crippen LogP contribution in [0.4, 0.5) is 11.4 Å². The van der Waals surface area contributed by atoms with Gasteiger partial charge in [-0.3, -0.25) is 19.4 Å². The van der Waals surface area contributed by atoms with Gasteiger partial charge in [0.2, 0.25) is 5.91 Å². The number of benzene rings is 2. The van der Waals surface area contributed by atoms with Crippen molar-refractivity contribution in [2.75, 3.05) is 16.8 Å². The molecule has 9 heteroatoms. The van der Waals surface area contributed by atoms with Crippen molar-refractivity contribution in [2.24, 2.45) is 10.3 Å². The second-order valence-corrected chi connectivity index (χ2v) is 7.89. The number of hydrogen-bond acceptors (Lipinski definition) is 6. The highest BCUT2D eigenvalue weighted by atomic mass is 35.5. The summed E-state index contributed by atoms with van der Waals surface area (Å²) in [5.41, 5.74) is 4.04. The topological polar surface area (TPSA) is 94.4 Å². The average Bonchev–Trinajstić information content (AvgIpc) is 3.21. The molecule has 2 aliphatic heterocycles. The largest absolute Gasteiger partial charge is 0.324 e. The molecule has 0 aromatic heterocycles. The Balaban J connectivity index is 1.49. The van der Waals surface area contributed by atoms with E-state index in [4.69, 9.17) is 11.6 Å². The normalized spacial score (nSPS) is 20.1. The van der Waals surface area contributed by atoms with Gasteiger partial charge >= 0.3 is 0 Å². The number of nitrogens with zero attached hydrogens (tertiary/aromatic N) is 4. The lowest BCUT2D eigenvalue weighted by Crippen LogP contribution is -2.43. The molecular weight excluding hydrogens is 406 g/mol. The van der Waals surface area contributed by atoms with E-state index in [2.05, 4.69) is 15.7 Å². The fourth-order valence-electron chi connectivity index (χ4n) is 3.50. The van der Waals surface area contributed by atoms with Crippen LogP contribution in [0.15, 0.2) is 46.7 Å². The Bertz CT molecular complexity index is 1100. The molecule has 0 radical (unpaired) electrons. The maximum Gasteiger partial charge on any atom is 0.263 e. The van der Waals surface area contributed by atoms with Gasteiger partial charge in [0.05, 0.1) is 5.69 Å². The van der Waals surface area contributed by atoms with Gasteiger partial charge in [0, 0.05) is 10.7 Å². The van der Waals surface area contributed by atoms with Gasteiger partial charge in [-0.05, 0) is 61.7 Å². The standard InChI is InChI=1S/C21H20ClN5O3/c1-11-4-6-14(8-13(11)3)23-17(28)10-26-19-18(24-25-26)20(29)27(21(19)30)15-7-5-12(2)16(22)9-15/h4-9,18-19H,10H2,1-3H3,(H,23,28). The van der Waals surface area contributed by atoms with E-state index in [0.29, 0.717) is 16.4 Å². The summed E-state index contributed by atoms with van der Waals surface area (Å²) in [5.74, 6) is -1.31. The number of fused-ring (bicyclic) bond motifs is 1. The van der Waals surface area contributed by atoms with Crippen LogP contribution >= 0.6 is 11.6 Å². The van der Waals surface area contributed by atoms with Crippen LogP contribution in [-0.2, 0) is 14.4 Å². The summed E-state index contributed by atoms with van der Waals surface area (Å²) < 4.78 is 0. The maximum absolute atomic E-state index is 13.0. The molecule has 0 bridgehead atoms. The first-order valence-electron chi connectivity index (χ1n) is 9.45. The number of anilines is 2. The predicted octanol–water partition coefficient (Wildman–Crippen LogP) is 3.20. The van der Waals surface area contributed by atoms with E-state index in [1.54, 1.807) is 18.2 Å². The minimum Gasteiger partial charge on any atom is -0.324 e. The Labute approximate surface area is 178 Å². The molecular formula is C21H20ClN5O3. The van der Waals surface area contributed by atoms with Crippen molar-refractivity contribution >= 4 is 40.7 Å². The van der Waals surface area contributed by atoms with Crippen LogP contribution in [0, 0.1) is 20.8 Å². The molecule has 4 rings (SSSR count). The third kappa shape index (κ3) is 3.43. The van der Waals surface area contributed by atoms with E-state index >= 15 is 0 Å². The second kappa shape index (κ2) is 7.53. The minimum absolute atomic E-state index is 0.195. The number of halogens is 1. The van der Waals surface area contributed by atoms with Crippen molar-refractivity contribution in [1.29, 1.82) is 0 Å². The molecule has 2 aromatic rings. The summed E-state index contributed by atoms with van der Waals surface area (Å²) in [5, 5.41) is 12.3. The van der Waals surface area contributed by atoms with E-state index in [0.717, 1.165) is 21.6 Å². The van der Waals surface area contributed by atoms with Crippen LogP contribution in [0.3, 0.4) is 0 Å². The van der Waals surface area contributed by atoms with Gasteiger partial charge in [0.25, 0.3) is 11.8 Å². The van der Waals surface area contributed by atoms with Crippen molar-refractivity contribution in [2.45, 2.75) is 32.9 Å². The van der Waals surface area contributed by atoms with Gasteiger partial charge in [-0.25, -0.2) is 4.90 Å². The zero-order valence-electron chi connectivity index (χ0n) is 16.7. The van der Waals surface area contributed by atoms with Crippen LogP contribution in [0.25, 0.3) is 0 Å². The van der Waals surface area contributed by atoms with Crippen LogP contribution < -0.4 is 10.2 Å². The van der Waals surface area contributed by atoms with E-state index in [9.17, 15) is 14.4 Å². The first kappa shape index (κ1) is 20.0. The fourth-order valence-corrected chi connectivity index (χ4v) is 3.67. The summed E-state index contributed by atoms with van der Waals surface area (Å²) in [4.78, 5) is 39.3. The van der Waals surface area contributed by atoms with E-state index in [1.807, 2.05) is 39.0 Å². The Morgan fingerprint density at radius 1 is 1.03 bits per heavy atom. The van der Waals surface area contributed by atoms with Gasteiger partial charge in [-0.2, -0.15) is 5.11 Å². The average molecular weight is 426 g/mol. The van der Waals surface area contributed by atoms with E-state index in [1.165, 1.54) is 5.01 Å². The van der Waals surface area contributed by atoms with Crippen LogP contribution in [0.1, 0.15) is 16.7 Å². The smallest absolute Gasteiger partial charge is 0.263 e. The van der Waals surface area contributed by atoms with Crippen LogP contribution in [0.2, 0.25) is 5.02 Å². The van der Waals surface area contributed by atoms with Crippen LogP contribution in [0.5, 0.6) is 0 Å². The molecule has 2 atom stereocenters. The molecule has 154 valence electrons. The quantitative estimate of drug-likeness (QED) is 0.761. The summed E-state index contributed by atoms with van der Waals surface area (Å²) in [6.45, 7) is 5.58. The Morgan fingerprint density at radius 3 is 2.47 bits per heavy atom. The molecule has 1 fully saturated rings. The van der Waals surface area contributed by atoms with Gasteiger partial charge in [-0.15, -0.1) is 0 Å². The maximum atomic E-state index is 13.0. The predicted molar refractivity (Wildman–Crippen MR) is 112 cm³/mol. The minimum atomic E-state index is -0.966. The third-order valence-electron chi connectivity index (χ3n) is 5.37. The molecule has 2 unspecified atom stereocenters. The summed E-state index contributed by atoms with van der Waals surface area (Å²) in [6.07, 6.45) is 0. The monoisotopic (exact) mass is 425 g/mol. The fraction of sp³-hybridized carbons (Fsp3) is 0.286. The number of imide groups is 1. The third-order valence-corrected chi connectivity index (χ3v) is 5.77. The van der Waals surface area contributed by atoms with Crippen molar-refractivity contribution in [1.82, 2.24) is 5.01 Å². The Hall–Kier alpha value is -3.26. The molecule has 30 heavy (non-hydrogen) atoms. The lowest BCUT2D eigenvalue weighted by atomic mass is 10.1. The first-order chi connectivity index (χ1) is 14.3. The van der Waals surface area contributed by atoms with Gasteiger partial charge in [0.15, 0.2) is 12.1 Å². The highest BCUT2D eigenvalue weighted by Gasteiger charge is 2.55. The zero-order chi connectivity index (χ0) is 21.6. The number of carbonyl (C=O) groups is 3. The van der Waals surface area contributed by atoms with E-state index < -0.39 is 23.9 Å². The van der Waals surface area contributed by atoms with Gasteiger partial charge < -0.3 is 5.32 Å². The van der Waals surface area contributed by atoms with Crippen LogP contribution in [-0.4, -0.2) is 41.4 Å². The lowest BCUT2D eigenvalue weighted by Gasteiger charge is -2.20. The van der Waals surface area contributed by atoms with E-state index in [-0.39, 0.29) is 12.5 Å². The molecule has 2 aliphatic rings. The molecule has 0 aliphatic carbocycles. The number of hydrogen-bond donors (Lipinski definition) is 1. The van der Waals surface area contributed by atoms with Crippen molar-refractivity contribution in [3.8, 4) is 0 Å². The molecule has 0 saturated carbocycles. The molecule has 2 aromatic carbocycles. The van der Waals surface area contributed by atoms with Gasteiger partial charge in [-0.1, -0.05) is 29.0 Å². The summed E-state index contributed by atoms with van der Waals surface area (Å²) in [6, 6.07) is 8.66. The molecule has 0 spiro atoms. The molecule has 1 saturated heterocycles. The zero-order valence-corrected chi connectivity index (χ0v) is 17.5. The van der Waals surface area contributed by atoms with Crippen molar-refractivity contribution < 1.29 is 14.4 Å². The number of carbonyl (C=O) groups excluding carboxylic acids is 3. The molecule has 3 amide bonds. The van der Waals surface area contributed by atoms with Gasteiger partial charge in [0.1, 0.15) is 6.54 Å². The second-order valence-electron chi connectivity index (χ2n) is 7.48. The summed E-state index contributed by atoms with van der Waals surface area (Å²) in [7, 11) is 0. The lowest BCUT2D eigenvalue weighted by molar-refractivity contribution is -0.123. The first-order valence-corrected chi connectivity index (χ1v) is 9.82. The molecule has 1 N–H and O–H groups in total. The number of amides is 3. The number of nitrogens with one attached hydrogen (secondary N) is 1. The highest BCUT2D eigenvalue weighted by molar-refractivity contribution is 6.32. The summed E-state index contributed by atoms with van der Waals surface area (Å²) >= 11 is 6.15. The number of rotatable bonds is 4. The highest BCUT2D eigenvalue weighted by Crippen LogP contribution is 2.33. The number of aryl methyl sites for hydroxylation is 3. The van der Waals surface area contributed by atoms with Crippen molar-refractivity contribution in [3.05, 3.63) is 58.1 Å².